The van der Waals surface area contributed by atoms with Crippen molar-refractivity contribution in [1.29, 1.82) is 5.53 Å². The molecule has 4 atom stereocenters. The van der Waals surface area contributed by atoms with Gasteiger partial charge in [-0.15, -0.1) is 0 Å². The van der Waals surface area contributed by atoms with Crippen molar-refractivity contribution in [2.45, 2.75) is 44.2 Å². The molecule has 2 rings (SSSR count). The van der Waals surface area contributed by atoms with Crippen LogP contribution in [-0.2, 0) is 11.8 Å². The summed E-state index contributed by atoms with van der Waals surface area (Å²) in [6.45, 7) is 1.54. The molecule has 0 bridgehead atoms. The molecular formula is C11H16FN6O3+. The van der Waals surface area contributed by atoms with E-state index in [2.05, 4.69) is 15.1 Å². The first-order chi connectivity index (χ1) is 9.95. The van der Waals surface area contributed by atoms with Gasteiger partial charge in [0.1, 0.15) is 28.6 Å². The fraction of sp³-hybridized carbons (Fsp3) is 0.727. The van der Waals surface area contributed by atoms with Gasteiger partial charge in [0.15, 0.2) is 12.2 Å². The summed E-state index contributed by atoms with van der Waals surface area (Å²) in [5.41, 5.74) is 6.89. The van der Waals surface area contributed by atoms with E-state index in [1.807, 2.05) is 0 Å². The Morgan fingerprint density at radius 3 is 3.00 bits per heavy atom. The number of hydrogen-bond donors (Lipinski definition) is 1. The second-order valence-corrected chi connectivity index (χ2v) is 4.93. The molecule has 0 aromatic carbocycles. The van der Waals surface area contributed by atoms with Crippen molar-refractivity contribution in [1.82, 2.24) is 14.7 Å². The molecule has 1 aliphatic heterocycles. The molecule has 114 valence electrons. The standard InChI is InChI=1S/C11H16FN6O3/c1-6-10(12)7(15-16-13)3-4-9(21-6)11-8(18(19)20)5-14-17(11)2/h5-7,9-10,13H,3-4H2,1-2H3/q+1/t6-,7+,9-,10-/m0/s1. The Morgan fingerprint density at radius 1 is 1.67 bits per heavy atom. The molecule has 1 aliphatic rings. The van der Waals surface area contributed by atoms with Gasteiger partial charge in [-0.25, -0.2) is 4.39 Å². The number of nitro groups is 1. The van der Waals surface area contributed by atoms with Crippen molar-refractivity contribution in [3.8, 4) is 0 Å². The molecule has 0 aliphatic carbocycles. The first kappa shape index (κ1) is 15.2. The third-order valence-electron chi connectivity index (χ3n) is 3.59. The van der Waals surface area contributed by atoms with Crippen LogP contribution in [0, 0.1) is 15.6 Å². The Morgan fingerprint density at radius 2 is 2.38 bits per heavy atom. The Balaban J connectivity index is 2.32. The van der Waals surface area contributed by atoms with E-state index in [0.29, 0.717) is 18.5 Å². The van der Waals surface area contributed by atoms with Gasteiger partial charge in [-0.3, -0.25) is 14.8 Å². The second kappa shape index (κ2) is 6.06. The van der Waals surface area contributed by atoms with Crippen molar-refractivity contribution in [2.24, 2.45) is 12.2 Å². The largest absolute Gasteiger partial charge is 0.366 e. The molecule has 0 saturated carbocycles. The number of alkyl halides is 1. The minimum Gasteiger partial charge on any atom is -0.366 e. The molecule has 0 spiro atoms. The zero-order valence-corrected chi connectivity index (χ0v) is 11.6. The zero-order chi connectivity index (χ0) is 15.6. The molecule has 1 fully saturated rings. The summed E-state index contributed by atoms with van der Waals surface area (Å²) in [7, 11) is 1.58. The lowest BCUT2D eigenvalue weighted by Crippen LogP contribution is -2.30. The molecule has 0 amide bonds. The molecular weight excluding hydrogens is 283 g/mol. The fourth-order valence-electron chi connectivity index (χ4n) is 2.54. The lowest BCUT2D eigenvalue weighted by atomic mass is 10.0. The van der Waals surface area contributed by atoms with E-state index in [1.165, 1.54) is 11.6 Å². The summed E-state index contributed by atoms with van der Waals surface area (Å²) in [4.78, 5) is 13.4. The highest BCUT2D eigenvalue weighted by molar-refractivity contribution is 5.35. The lowest BCUT2D eigenvalue weighted by molar-refractivity contribution is -0.386. The molecule has 10 heteroatoms. The van der Waals surface area contributed by atoms with Gasteiger partial charge in [-0.05, 0) is 19.8 Å². The predicted molar refractivity (Wildman–Crippen MR) is 68.4 cm³/mol. The summed E-state index contributed by atoms with van der Waals surface area (Å²) >= 11 is 0. The fourth-order valence-corrected chi connectivity index (χ4v) is 2.54. The highest BCUT2D eigenvalue weighted by Crippen LogP contribution is 2.36. The molecule has 9 nitrogen and oxygen atoms in total. The number of nitrogens with zero attached hydrogens (tertiary/aromatic N) is 5. The summed E-state index contributed by atoms with van der Waals surface area (Å²) < 4.78 is 21.1. The van der Waals surface area contributed by atoms with E-state index in [9.17, 15) is 14.5 Å². The van der Waals surface area contributed by atoms with Gasteiger partial charge in [0.05, 0.1) is 11.0 Å². The smallest absolute Gasteiger partial charge is 0.312 e. The SMILES string of the molecule is C[C@@H]1O[C@H](c2c([N+](=O)[O-])cnn2C)CC[C@@H](N=[N+]=N)[C@H]1F. The topological polar surface area (TPSA) is 120 Å². The number of hydrogen-bond acceptors (Lipinski definition) is 6. The number of halogens is 1. The molecule has 2 heterocycles. The van der Waals surface area contributed by atoms with Crippen LogP contribution in [0.25, 0.3) is 0 Å². The molecule has 0 radical (unpaired) electrons. The molecule has 1 aromatic rings. The Kier molecular flexibility index (Phi) is 4.39. The summed E-state index contributed by atoms with van der Waals surface area (Å²) in [6, 6.07) is -0.769. The predicted octanol–water partition coefficient (Wildman–Crippen LogP) is 1.83. The number of nitrogens with one attached hydrogen (secondary N) is 1. The highest BCUT2D eigenvalue weighted by atomic mass is 19.1. The van der Waals surface area contributed by atoms with Gasteiger partial charge in [-0.2, -0.15) is 5.10 Å². The summed E-state index contributed by atoms with van der Waals surface area (Å²) in [5.74, 6) is 0. The van der Waals surface area contributed by atoms with Crippen molar-refractivity contribution in [3.05, 3.63) is 22.0 Å². The molecule has 1 N–H and O–H groups in total. The Bertz CT molecular complexity index is 585. The Hall–Kier alpha value is -2.19. The number of aryl methyl sites for hydroxylation is 1. The van der Waals surface area contributed by atoms with Crippen LogP contribution in [0.2, 0.25) is 0 Å². The van der Waals surface area contributed by atoms with Gasteiger partial charge in [0.2, 0.25) is 4.91 Å². The summed E-state index contributed by atoms with van der Waals surface area (Å²) in [5, 5.41) is 18.5. The van der Waals surface area contributed by atoms with Gasteiger partial charge >= 0.3 is 5.69 Å². The Labute approximate surface area is 119 Å². The van der Waals surface area contributed by atoms with Crippen LogP contribution in [0.15, 0.2) is 11.3 Å². The van der Waals surface area contributed by atoms with Gasteiger partial charge in [-0.1, -0.05) is 0 Å². The maximum atomic E-state index is 14.1. The third-order valence-corrected chi connectivity index (χ3v) is 3.59. The molecule has 0 unspecified atom stereocenters. The second-order valence-electron chi connectivity index (χ2n) is 4.93. The first-order valence-corrected chi connectivity index (χ1v) is 6.48. The minimum atomic E-state index is -1.41. The van der Waals surface area contributed by atoms with Crippen LogP contribution in [0.4, 0.5) is 10.1 Å². The van der Waals surface area contributed by atoms with Crippen LogP contribution in [0.5, 0.6) is 0 Å². The van der Waals surface area contributed by atoms with Crippen LogP contribution in [-0.4, -0.2) is 33.0 Å². The monoisotopic (exact) mass is 299 g/mol. The highest BCUT2D eigenvalue weighted by Gasteiger charge is 2.39. The summed E-state index contributed by atoms with van der Waals surface area (Å²) in [6.07, 6.45) is -1.06. The maximum absolute atomic E-state index is 14.1. The minimum absolute atomic E-state index is 0.148. The van der Waals surface area contributed by atoms with E-state index in [1.54, 1.807) is 7.05 Å². The lowest BCUT2D eigenvalue weighted by Gasteiger charge is -2.20. The quantitative estimate of drug-likeness (QED) is 0.396. The van der Waals surface area contributed by atoms with Crippen LogP contribution < -0.4 is 4.91 Å². The zero-order valence-electron chi connectivity index (χ0n) is 11.6. The number of aromatic nitrogens is 2. The van der Waals surface area contributed by atoms with Crippen molar-refractivity contribution in [3.63, 3.8) is 0 Å². The average molecular weight is 299 g/mol. The van der Waals surface area contributed by atoms with Gasteiger partial charge in [0, 0.05) is 7.05 Å². The van der Waals surface area contributed by atoms with Crippen molar-refractivity contribution < 1.29 is 14.1 Å². The average Bonchev–Trinajstić information content (AvgIpc) is 2.76. The van der Waals surface area contributed by atoms with Crippen molar-refractivity contribution >= 4 is 5.69 Å². The normalized spacial score (nSPS) is 29.5. The van der Waals surface area contributed by atoms with E-state index >= 15 is 0 Å². The molecule has 21 heavy (non-hydrogen) atoms. The van der Waals surface area contributed by atoms with Crippen LogP contribution >= 0.6 is 0 Å². The third kappa shape index (κ3) is 2.96. The van der Waals surface area contributed by atoms with E-state index in [-0.39, 0.29) is 5.69 Å². The van der Waals surface area contributed by atoms with E-state index in [0.717, 1.165) is 6.20 Å². The van der Waals surface area contributed by atoms with Gasteiger partial charge < -0.3 is 4.74 Å². The molecule has 1 saturated heterocycles. The number of ether oxygens (including phenoxy) is 1. The van der Waals surface area contributed by atoms with Crippen LogP contribution in [0.1, 0.15) is 31.6 Å². The van der Waals surface area contributed by atoms with E-state index < -0.39 is 29.3 Å². The van der Waals surface area contributed by atoms with E-state index in [4.69, 9.17) is 10.3 Å². The van der Waals surface area contributed by atoms with Crippen LogP contribution in [0.3, 0.4) is 0 Å². The first-order valence-electron chi connectivity index (χ1n) is 6.48. The van der Waals surface area contributed by atoms with Crippen molar-refractivity contribution in [2.75, 3.05) is 0 Å². The maximum Gasteiger partial charge on any atom is 0.312 e. The number of rotatable bonds is 3. The molecule has 1 aromatic heterocycles. The van der Waals surface area contributed by atoms with Gasteiger partial charge in [0.25, 0.3) is 0 Å².